The van der Waals surface area contributed by atoms with Crippen molar-refractivity contribution >= 4 is 5.82 Å². The minimum Gasteiger partial charge on any atom is -0.506 e. The van der Waals surface area contributed by atoms with Crippen LogP contribution >= 0.6 is 0 Å². The molecular formula is C20H24N6O. The van der Waals surface area contributed by atoms with Crippen molar-refractivity contribution in [2.24, 2.45) is 11.8 Å². The van der Waals surface area contributed by atoms with Crippen LogP contribution in [0.3, 0.4) is 0 Å². The van der Waals surface area contributed by atoms with E-state index in [1.807, 2.05) is 12.1 Å². The Morgan fingerprint density at radius 2 is 2.07 bits per heavy atom. The van der Waals surface area contributed by atoms with Crippen molar-refractivity contribution in [3.63, 3.8) is 0 Å². The predicted octanol–water partition coefficient (Wildman–Crippen LogP) is 3.51. The van der Waals surface area contributed by atoms with Crippen molar-refractivity contribution in [2.45, 2.75) is 26.7 Å². The van der Waals surface area contributed by atoms with Gasteiger partial charge in [-0.2, -0.15) is 5.10 Å². The number of aromatic hydroxyl groups is 1. The first-order valence-corrected chi connectivity index (χ1v) is 9.39. The minimum atomic E-state index is 0.0774. The van der Waals surface area contributed by atoms with E-state index in [0.717, 1.165) is 30.0 Å². The number of hydrogen-bond donors (Lipinski definition) is 2. The number of nitrogens with one attached hydrogen (secondary N) is 1. The van der Waals surface area contributed by atoms with E-state index in [-0.39, 0.29) is 5.75 Å². The van der Waals surface area contributed by atoms with Crippen molar-refractivity contribution < 1.29 is 5.11 Å². The number of pyridine rings is 1. The fourth-order valence-corrected chi connectivity index (χ4v) is 3.60. The number of piperidine rings is 1. The Labute approximate surface area is 158 Å². The van der Waals surface area contributed by atoms with Gasteiger partial charge in [-0.05, 0) is 42.9 Å². The van der Waals surface area contributed by atoms with Crippen LogP contribution in [-0.4, -0.2) is 43.6 Å². The van der Waals surface area contributed by atoms with Crippen LogP contribution in [0.5, 0.6) is 5.75 Å². The molecular weight excluding hydrogens is 340 g/mol. The topological polar surface area (TPSA) is 90.8 Å². The third-order valence-electron chi connectivity index (χ3n) is 5.32. The van der Waals surface area contributed by atoms with Crippen LogP contribution in [0.1, 0.15) is 26.7 Å². The molecule has 2 N–H and O–H groups in total. The number of hydrogen-bond acceptors (Lipinski definition) is 6. The van der Waals surface area contributed by atoms with Gasteiger partial charge in [0.05, 0.1) is 6.20 Å². The summed E-state index contributed by atoms with van der Waals surface area (Å²) in [5, 5.41) is 25.8. The normalized spacial score (nSPS) is 17.4. The summed E-state index contributed by atoms with van der Waals surface area (Å²) in [7, 11) is 0. The average molecular weight is 364 g/mol. The first kappa shape index (κ1) is 17.5. The zero-order chi connectivity index (χ0) is 18.8. The van der Waals surface area contributed by atoms with E-state index < -0.39 is 0 Å². The molecule has 0 unspecified atom stereocenters. The van der Waals surface area contributed by atoms with E-state index in [4.69, 9.17) is 0 Å². The van der Waals surface area contributed by atoms with Crippen molar-refractivity contribution in [1.29, 1.82) is 0 Å². The number of aromatic nitrogens is 5. The maximum Gasteiger partial charge on any atom is 0.151 e. The van der Waals surface area contributed by atoms with Gasteiger partial charge in [-0.15, -0.1) is 10.2 Å². The van der Waals surface area contributed by atoms with Crippen LogP contribution in [-0.2, 0) is 0 Å². The molecule has 4 heterocycles. The number of anilines is 1. The molecule has 7 heteroatoms. The molecule has 140 valence electrons. The second kappa shape index (κ2) is 7.34. The molecule has 4 rings (SSSR count). The highest BCUT2D eigenvalue weighted by Crippen LogP contribution is 2.31. The summed E-state index contributed by atoms with van der Waals surface area (Å²) >= 11 is 0. The van der Waals surface area contributed by atoms with Gasteiger partial charge in [0.25, 0.3) is 0 Å². The summed E-state index contributed by atoms with van der Waals surface area (Å²) in [6.07, 6.45) is 7.61. The lowest BCUT2D eigenvalue weighted by Gasteiger charge is -2.35. The lowest BCUT2D eigenvalue weighted by molar-refractivity contribution is 0.320. The molecule has 0 saturated carbocycles. The summed E-state index contributed by atoms with van der Waals surface area (Å²) in [6.45, 7) is 6.60. The maximum atomic E-state index is 10.4. The van der Waals surface area contributed by atoms with E-state index in [9.17, 15) is 5.11 Å². The van der Waals surface area contributed by atoms with E-state index in [0.29, 0.717) is 23.2 Å². The minimum absolute atomic E-state index is 0.0774. The molecule has 0 amide bonds. The highest BCUT2D eigenvalue weighted by atomic mass is 16.3. The molecule has 0 bridgehead atoms. The van der Waals surface area contributed by atoms with Gasteiger partial charge < -0.3 is 10.0 Å². The molecule has 0 aromatic carbocycles. The van der Waals surface area contributed by atoms with Crippen LogP contribution in [0.2, 0.25) is 0 Å². The van der Waals surface area contributed by atoms with Crippen molar-refractivity contribution in [3.8, 4) is 28.3 Å². The Morgan fingerprint density at radius 1 is 1.19 bits per heavy atom. The summed E-state index contributed by atoms with van der Waals surface area (Å²) in [5.41, 5.74) is 2.66. The number of H-pyrrole nitrogens is 1. The summed E-state index contributed by atoms with van der Waals surface area (Å²) < 4.78 is 0. The molecule has 0 aliphatic carbocycles. The molecule has 3 aromatic heterocycles. The van der Waals surface area contributed by atoms with Gasteiger partial charge in [0, 0.05) is 36.6 Å². The Morgan fingerprint density at radius 3 is 2.74 bits per heavy atom. The van der Waals surface area contributed by atoms with Crippen LogP contribution in [0.15, 0.2) is 36.8 Å². The quantitative estimate of drug-likeness (QED) is 0.736. The largest absolute Gasteiger partial charge is 0.506 e. The molecule has 1 aliphatic heterocycles. The van der Waals surface area contributed by atoms with Gasteiger partial charge in [0.1, 0.15) is 17.1 Å². The molecule has 0 spiro atoms. The summed E-state index contributed by atoms with van der Waals surface area (Å²) in [6, 6.07) is 5.51. The average Bonchev–Trinajstić information content (AvgIpc) is 3.23. The molecule has 1 atom stereocenters. The van der Waals surface area contributed by atoms with Gasteiger partial charge in [-0.3, -0.25) is 5.10 Å². The Balaban J connectivity index is 1.54. The Kier molecular flexibility index (Phi) is 4.75. The van der Waals surface area contributed by atoms with Crippen molar-refractivity contribution in [2.75, 3.05) is 18.0 Å². The summed E-state index contributed by atoms with van der Waals surface area (Å²) in [5.74, 6) is 2.34. The van der Waals surface area contributed by atoms with Crippen LogP contribution in [0.25, 0.3) is 22.5 Å². The van der Waals surface area contributed by atoms with E-state index in [1.54, 1.807) is 24.7 Å². The third kappa shape index (κ3) is 3.63. The highest BCUT2D eigenvalue weighted by molar-refractivity contribution is 5.69. The van der Waals surface area contributed by atoms with E-state index in [2.05, 4.69) is 44.1 Å². The predicted molar refractivity (Wildman–Crippen MR) is 104 cm³/mol. The van der Waals surface area contributed by atoms with Crippen molar-refractivity contribution in [1.82, 2.24) is 25.4 Å². The lowest BCUT2D eigenvalue weighted by atomic mass is 9.88. The van der Waals surface area contributed by atoms with Gasteiger partial charge in [0.15, 0.2) is 5.82 Å². The Bertz CT molecular complexity index is 891. The number of aromatic amines is 1. The second-order valence-electron chi connectivity index (χ2n) is 7.45. The van der Waals surface area contributed by atoms with Gasteiger partial charge >= 0.3 is 0 Å². The van der Waals surface area contributed by atoms with E-state index in [1.165, 1.54) is 12.8 Å². The smallest absolute Gasteiger partial charge is 0.151 e. The zero-order valence-corrected chi connectivity index (χ0v) is 15.6. The van der Waals surface area contributed by atoms with Crippen molar-refractivity contribution in [3.05, 3.63) is 36.8 Å². The standard InChI is InChI=1S/C20H24N6O/c1-13(2)14-4-3-7-26(12-14)19-6-5-17(24-25-19)20-18(27)8-15(9-21-20)16-10-22-23-11-16/h5-6,8-11,13-14,27H,3-4,7,12H2,1-2H3,(H,22,23)/t14-/m1/s1. The molecule has 1 aliphatic rings. The summed E-state index contributed by atoms with van der Waals surface area (Å²) in [4.78, 5) is 6.68. The fraction of sp³-hybridized carbons (Fsp3) is 0.400. The molecule has 1 fully saturated rings. The van der Waals surface area contributed by atoms with Gasteiger partial charge in [0.2, 0.25) is 0 Å². The van der Waals surface area contributed by atoms with Gasteiger partial charge in [-0.1, -0.05) is 13.8 Å². The van der Waals surface area contributed by atoms with Crippen LogP contribution < -0.4 is 4.90 Å². The number of nitrogens with zero attached hydrogens (tertiary/aromatic N) is 5. The molecule has 3 aromatic rings. The molecule has 7 nitrogen and oxygen atoms in total. The second-order valence-corrected chi connectivity index (χ2v) is 7.45. The van der Waals surface area contributed by atoms with E-state index >= 15 is 0 Å². The molecule has 27 heavy (non-hydrogen) atoms. The monoisotopic (exact) mass is 364 g/mol. The first-order valence-electron chi connectivity index (χ1n) is 9.39. The third-order valence-corrected chi connectivity index (χ3v) is 5.32. The number of rotatable bonds is 4. The van der Waals surface area contributed by atoms with Gasteiger partial charge in [-0.25, -0.2) is 4.98 Å². The maximum absolute atomic E-state index is 10.4. The SMILES string of the molecule is CC(C)[C@@H]1CCCN(c2ccc(-c3ncc(-c4cn[nH]c4)cc3O)nn2)C1. The van der Waals surface area contributed by atoms with Crippen LogP contribution in [0, 0.1) is 11.8 Å². The fourth-order valence-electron chi connectivity index (χ4n) is 3.60. The zero-order valence-electron chi connectivity index (χ0n) is 15.6. The highest BCUT2D eigenvalue weighted by Gasteiger charge is 2.23. The first-order chi connectivity index (χ1) is 13.1. The molecule has 0 radical (unpaired) electrons. The van der Waals surface area contributed by atoms with Crippen LogP contribution in [0.4, 0.5) is 5.82 Å². The lowest BCUT2D eigenvalue weighted by Crippen LogP contribution is -2.37. The Hall–Kier alpha value is -2.96. The molecule has 1 saturated heterocycles.